The molecular formula is C30H36N4O5. The van der Waals surface area contributed by atoms with Crippen molar-refractivity contribution in [3.05, 3.63) is 45.0 Å². The van der Waals surface area contributed by atoms with Gasteiger partial charge in [-0.2, -0.15) is 5.26 Å². The van der Waals surface area contributed by atoms with E-state index in [0.29, 0.717) is 42.1 Å². The van der Waals surface area contributed by atoms with Gasteiger partial charge in [0.2, 0.25) is 12.7 Å². The lowest BCUT2D eigenvalue weighted by Gasteiger charge is -2.60. The minimum absolute atomic E-state index is 0.0526. The summed E-state index contributed by atoms with van der Waals surface area (Å²) in [7, 11) is 2.03. The number of nitrogens with zero attached hydrogens (tertiary/aromatic N) is 3. The number of piperazine rings is 1. The molecule has 4 aliphatic heterocycles. The van der Waals surface area contributed by atoms with E-state index in [1.807, 2.05) is 34.7 Å². The molecule has 2 aromatic carbocycles. The summed E-state index contributed by atoms with van der Waals surface area (Å²) in [5, 5.41) is 36.6. The molecule has 0 spiro atoms. The largest absolute Gasteiger partial charge is 0.507 e. The van der Waals surface area contributed by atoms with Gasteiger partial charge < -0.3 is 25.0 Å². The van der Waals surface area contributed by atoms with Crippen molar-refractivity contribution >= 4 is 5.91 Å². The van der Waals surface area contributed by atoms with E-state index in [1.54, 1.807) is 0 Å². The van der Waals surface area contributed by atoms with Crippen LogP contribution in [-0.2, 0) is 17.6 Å². The van der Waals surface area contributed by atoms with E-state index in [-0.39, 0.29) is 43.1 Å². The highest BCUT2D eigenvalue weighted by Crippen LogP contribution is 2.57. The van der Waals surface area contributed by atoms with Crippen molar-refractivity contribution in [1.29, 1.82) is 5.26 Å². The number of phenols is 2. The van der Waals surface area contributed by atoms with Crippen molar-refractivity contribution in [3.8, 4) is 29.1 Å². The average Bonchev–Trinajstić information content (AvgIpc) is 3.40. The normalized spacial score (nSPS) is 26.8. The monoisotopic (exact) mass is 532 g/mol. The molecule has 9 nitrogen and oxygen atoms in total. The van der Waals surface area contributed by atoms with E-state index in [9.17, 15) is 20.3 Å². The van der Waals surface area contributed by atoms with E-state index in [2.05, 4.69) is 27.3 Å². The van der Waals surface area contributed by atoms with E-state index in [1.165, 1.54) is 0 Å². The van der Waals surface area contributed by atoms with E-state index in [0.717, 1.165) is 39.8 Å². The fourth-order valence-corrected chi connectivity index (χ4v) is 7.43. The molecular weight excluding hydrogens is 496 g/mol. The zero-order chi connectivity index (χ0) is 27.7. The van der Waals surface area contributed by atoms with Gasteiger partial charge in [0.25, 0.3) is 0 Å². The average molecular weight is 533 g/mol. The quantitative estimate of drug-likeness (QED) is 0.548. The Morgan fingerprint density at radius 1 is 1.10 bits per heavy atom. The van der Waals surface area contributed by atoms with Crippen molar-refractivity contribution in [2.24, 2.45) is 0 Å². The molecule has 0 aliphatic carbocycles. The second-order valence-electron chi connectivity index (χ2n) is 11.4. The van der Waals surface area contributed by atoms with Gasteiger partial charge in [0, 0.05) is 47.3 Å². The molecule has 6 rings (SSSR count). The molecule has 1 unspecified atom stereocenters. The molecule has 1 saturated heterocycles. The summed E-state index contributed by atoms with van der Waals surface area (Å²) in [5.41, 5.74) is 6.03. The molecule has 0 saturated carbocycles. The molecule has 1 fully saturated rings. The molecule has 206 valence electrons. The van der Waals surface area contributed by atoms with Gasteiger partial charge in [0.15, 0.2) is 11.5 Å². The van der Waals surface area contributed by atoms with Crippen LogP contribution in [0.1, 0.15) is 70.8 Å². The highest BCUT2D eigenvalue weighted by Gasteiger charge is 2.56. The number of nitrogens with one attached hydrogen (secondary N) is 1. The molecule has 2 bridgehead atoms. The Labute approximate surface area is 228 Å². The third-order valence-corrected chi connectivity index (χ3v) is 9.43. The van der Waals surface area contributed by atoms with Gasteiger partial charge in [-0.05, 0) is 63.8 Å². The van der Waals surface area contributed by atoms with Crippen LogP contribution >= 0.6 is 0 Å². The van der Waals surface area contributed by atoms with Gasteiger partial charge >= 0.3 is 0 Å². The number of carbonyl (C=O) groups is 1. The minimum atomic E-state index is -0.476. The molecule has 4 heterocycles. The van der Waals surface area contributed by atoms with Gasteiger partial charge in [0.05, 0.1) is 18.2 Å². The Kier molecular flexibility index (Phi) is 6.16. The first-order chi connectivity index (χ1) is 18.7. The predicted molar refractivity (Wildman–Crippen MR) is 144 cm³/mol. The van der Waals surface area contributed by atoms with Crippen LogP contribution in [0.2, 0.25) is 0 Å². The SMILES string of the molecule is CCCC(=O)NC[C@H]1c2c(c(O)c(C)c3c2OCO3)CC2[C@H]3c4c(cc(C)c(C)c4O)C[C@H]([C@H](C#N)N21)N3C. The summed E-state index contributed by atoms with van der Waals surface area (Å²) in [6.07, 6.45) is 2.24. The van der Waals surface area contributed by atoms with Crippen LogP contribution in [0.5, 0.6) is 23.0 Å². The Bertz CT molecular complexity index is 1420. The molecule has 0 radical (unpaired) electrons. The van der Waals surface area contributed by atoms with Crippen LogP contribution in [-0.4, -0.2) is 64.4 Å². The molecule has 39 heavy (non-hydrogen) atoms. The van der Waals surface area contributed by atoms with Crippen LogP contribution in [0.3, 0.4) is 0 Å². The lowest BCUT2D eigenvalue weighted by molar-refractivity contribution is -0.122. The number of nitriles is 1. The molecule has 3 N–H and O–H groups in total. The summed E-state index contributed by atoms with van der Waals surface area (Å²) < 4.78 is 11.7. The number of aromatic hydroxyl groups is 2. The summed E-state index contributed by atoms with van der Waals surface area (Å²) in [6, 6.07) is 3.33. The minimum Gasteiger partial charge on any atom is -0.507 e. The van der Waals surface area contributed by atoms with Crippen LogP contribution in [0.15, 0.2) is 6.07 Å². The first kappa shape index (κ1) is 25.8. The number of phenolic OH excluding ortho intramolecular Hbond substituents is 2. The topological polar surface area (TPSA) is 118 Å². The fourth-order valence-electron chi connectivity index (χ4n) is 7.43. The zero-order valence-electron chi connectivity index (χ0n) is 23.2. The van der Waals surface area contributed by atoms with Crippen molar-refractivity contribution < 1.29 is 24.5 Å². The highest BCUT2D eigenvalue weighted by atomic mass is 16.7. The number of hydrogen-bond donors (Lipinski definition) is 3. The van der Waals surface area contributed by atoms with Gasteiger partial charge in [0.1, 0.15) is 17.5 Å². The van der Waals surface area contributed by atoms with E-state index in [4.69, 9.17) is 9.47 Å². The molecule has 5 atom stereocenters. The number of rotatable bonds is 4. The number of aryl methyl sites for hydroxylation is 1. The summed E-state index contributed by atoms with van der Waals surface area (Å²) in [6.45, 7) is 8.06. The maximum atomic E-state index is 12.6. The Balaban J connectivity index is 1.57. The third-order valence-electron chi connectivity index (χ3n) is 9.43. The maximum Gasteiger partial charge on any atom is 0.231 e. The molecule has 9 heteroatoms. The second-order valence-corrected chi connectivity index (χ2v) is 11.4. The van der Waals surface area contributed by atoms with Crippen molar-refractivity contribution in [2.45, 2.75) is 83.6 Å². The van der Waals surface area contributed by atoms with Crippen LogP contribution in [0, 0.1) is 32.1 Å². The third kappa shape index (κ3) is 3.61. The number of carbonyl (C=O) groups excluding carboxylic acids is 1. The van der Waals surface area contributed by atoms with Gasteiger partial charge in [-0.1, -0.05) is 13.0 Å². The Morgan fingerprint density at radius 3 is 2.56 bits per heavy atom. The number of benzene rings is 2. The smallest absolute Gasteiger partial charge is 0.231 e. The Morgan fingerprint density at radius 2 is 1.85 bits per heavy atom. The molecule has 0 aromatic heterocycles. The van der Waals surface area contributed by atoms with Crippen LogP contribution in [0.4, 0.5) is 0 Å². The number of ether oxygens (including phenoxy) is 2. The van der Waals surface area contributed by atoms with Crippen LogP contribution < -0.4 is 14.8 Å². The predicted octanol–water partition coefficient (Wildman–Crippen LogP) is 3.44. The van der Waals surface area contributed by atoms with Gasteiger partial charge in [-0.25, -0.2) is 0 Å². The second kappa shape index (κ2) is 9.32. The zero-order valence-corrected chi connectivity index (χ0v) is 23.2. The lowest BCUT2D eigenvalue weighted by atomic mass is 9.71. The molecule has 4 aliphatic rings. The number of likely N-dealkylation sites (N-methyl/N-ethyl adjacent to an activating group) is 1. The summed E-state index contributed by atoms with van der Waals surface area (Å²) in [4.78, 5) is 17.1. The first-order valence-electron chi connectivity index (χ1n) is 13.8. The summed E-state index contributed by atoms with van der Waals surface area (Å²) >= 11 is 0. The van der Waals surface area contributed by atoms with E-state index < -0.39 is 12.1 Å². The number of fused-ring (bicyclic) bond motifs is 9. The first-order valence-corrected chi connectivity index (χ1v) is 13.8. The highest BCUT2D eigenvalue weighted by molar-refractivity contribution is 5.76. The standard InChI is InChI=1S/C30H36N4O5/c1-6-7-23(35)32-12-22-25-18(27(36)16(4)29-30(25)39-13-38-29)10-20-26-24-17(8-14(2)15(3)28(24)37)9-19(33(26)5)21(11-31)34(20)22/h8,19-22,26,36-37H,6-7,9-10,12-13H2,1-5H3,(H,32,35)/t19-,20?,21+,22+,26+/m1/s1. The summed E-state index contributed by atoms with van der Waals surface area (Å²) in [5.74, 6) is 1.52. The fraction of sp³-hybridized carbons (Fsp3) is 0.533. The molecule has 2 aromatic rings. The van der Waals surface area contributed by atoms with Crippen molar-refractivity contribution in [1.82, 2.24) is 15.1 Å². The Hall–Kier alpha value is -3.48. The molecule has 1 amide bonds. The maximum absolute atomic E-state index is 12.6. The van der Waals surface area contributed by atoms with E-state index >= 15 is 0 Å². The van der Waals surface area contributed by atoms with Gasteiger partial charge in [-0.3, -0.25) is 14.6 Å². The lowest BCUT2D eigenvalue weighted by Crippen LogP contribution is -2.68. The van der Waals surface area contributed by atoms with Gasteiger partial charge in [-0.15, -0.1) is 0 Å². The van der Waals surface area contributed by atoms with Crippen LogP contribution in [0.25, 0.3) is 0 Å². The number of hydrogen-bond acceptors (Lipinski definition) is 8. The van der Waals surface area contributed by atoms with Crippen molar-refractivity contribution in [2.75, 3.05) is 20.4 Å². The van der Waals surface area contributed by atoms with Crippen molar-refractivity contribution in [3.63, 3.8) is 0 Å². The number of amides is 1.